The summed E-state index contributed by atoms with van der Waals surface area (Å²) in [6, 6.07) is 0.308. The van der Waals surface area contributed by atoms with Crippen molar-refractivity contribution in [1.82, 2.24) is 15.0 Å². The van der Waals surface area contributed by atoms with Crippen molar-refractivity contribution in [3.05, 3.63) is 11.7 Å². The van der Waals surface area contributed by atoms with Crippen molar-refractivity contribution >= 4 is 0 Å². The summed E-state index contributed by atoms with van der Waals surface area (Å²) in [5.41, 5.74) is 5.82. The van der Waals surface area contributed by atoms with Gasteiger partial charge in [0, 0.05) is 25.6 Å². The average Bonchev–Trinajstić information content (AvgIpc) is 2.78. The molecule has 1 aromatic heterocycles. The van der Waals surface area contributed by atoms with E-state index in [1.165, 1.54) is 0 Å². The summed E-state index contributed by atoms with van der Waals surface area (Å²) in [5, 5.41) is 3.92. The lowest BCUT2D eigenvalue weighted by Crippen LogP contribution is -2.26. The van der Waals surface area contributed by atoms with Crippen molar-refractivity contribution in [2.75, 3.05) is 13.1 Å². The Balaban J connectivity index is 1.87. The van der Waals surface area contributed by atoms with Crippen LogP contribution >= 0.6 is 0 Å². The number of aromatic nitrogens is 2. The van der Waals surface area contributed by atoms with E-state index in [2.05, 4.69) is 22.0 Å². The Labute approximate surface area is 89.6 Å². The van der Waals surface area contributed by atoms with Gasteiger partial charge in [-0.3, -0.25) is 4.90 Å². The Bertz CT molecular complexity index is 312. The monoisotopic (exact) mass is 210 g/mol. The predicted molar refractivity (Wildman–Crippen MR) is 56.2 cm³/mol. The van der Waals surface area contributed by atoms with E-state index in [9.17, 15) is 0 Å². The van der Waals surface area contributed by atoms with Crippen LogP contribution in [0.5, 0.6) is 0 Å². The average molecular weight is 210 g/mol. The molecule has 2 heterocycles. The normalized spacial score (nSPS) is 22.4. The molecule has 5 heteroatoms. The van der Waals surface area contributed by atoms with E-state index in [-0.39, 0.29) is 0 Å². The molecule has 2 N–H and O–H groups in total. The van der Waals surface area contributed by atoms with Crippen molar-refractivity contribution in [3.8, 4) is 0 Å². The second-order valence-corrected chi connectivity index (χ2v) is 4.14. The first-order chi connectivity index (χ1) is 7.28. The second-order valence-electron chi connectivity index (χ2n) is 4.14. The molecule has 0 aromatic carbocycles. The Kier molecular flexibility index (Phi) is 3.33. The molecule has 1 atom stereocenters. The minimum atomic E-state index is 0.308. The molecular weight excluding hydrogens is 192 g/mol. The molecule has 1 aliphatic heterocycles. The van der Waals surface area contributed by atoms with E-state index in [1.54, 1.807) is 0 Å². The lowest BCUT2D eigenvalue weighted by Gasteiger charge is -2.10. The molecule has 84 valence electrons. The molecule has 2 rings (SSSR count). The van der Waals surface area contributed by atoms with Crippen molar-refractivity contribution in [1.29, 1.82) is 0 Å². The minimum Gasteiger partial charge on any atom is -0.338 e. The van der Waals surface area contributed by atoms with Crippen LogP contribution in [0.3, 0.4) is 0 Å². The SMILES string of the molecule is CCCc1noc(CN2CC[C@H](N)C2)n1. The number of hydrogen-bond donors (Lipinski definition) is 1. The molecule has 1 saturated heterocycles. The quantitative estimate of drug-likeness (QED) is 0.786. The predicted octanol–water partition coefficient (Wildman–Crippen LogP) is 0.555. The molecule has 0 aliphatic carbocycles. The lowest BCUT2D eigenvalue weighted by molar-refractivity contribution is 0.265. The molecule has 0 spiro atoms. The third-order valence-electron chi connectivity index (χ3n) is 2.65. The summed E-state index contributed by atoms with van der Waals surface area (Å²) >= 11 is 0. The van der Waals surface area contributed by atoms with Gasteiger partial charge in [0.15, 0.2) is 5.82 Å². The smallest absolute Gasteiger partial charge is 0.240 e. The van der Waals surface area contributed by atoms with Gasteiger partial charge in [0.2, 0.25) is 5.89 Å². The highest BCUT2D eigenvalue weighted by Crippen LogP contribution is 2.11. The zero-order valence-corrected chi connectivity index (χ0v) is 9.15. The number of aryl methyl sites for hydroxylation is 1. The van der Waals surface area contributed by atoms with Gasteiger partial charge in [-0.15, -0.1) is 0 Å². The third-order valence-corrected chi connectivity index (χ3v) is 2.65. The largest absolute Gasteiger partial charge is 0.338 e. The van der Waals surface area contributed by atoms with Gasteiger partial charge < -0.3 is 10.3 Å². The zero-order valence-electron chi connectivity index (χ0n) is 9.15. The minimum absolute atomic E-state index is 0.308. The maximum Gasteiger partial charge on any atom is 0.240 e. The van der Waals surface area contributed by atoms with E-state index in [1.807, 2.05) is 0 Å². The van der Waals surface area contributed by atoms with E-state index >= 15 is 0 Å². The van der Waals surface area contributed by atoms with Gasteiger partial charge in [0.25, 0.3) is 0 Å². The van der Waals surface area contributed by atoms with Gasteiger partial charge in [-0.05, 0) is 12.8 Å². The van der Waals surface area contributed by atoms with Crippen LogP contribution in [-0.4, -0.2) is 34.2 Å². The van der Waals surface area contributed by atoms with E-state index in [0.717, 1.165) is 44.7 Å². The molecular formula is C10H18N4O. The Morgan fingerprint density at radius 3 is 3.13 bits per heavy atom. The standard InChI is InChI=1S/C10H18N4O/c1-2-3-9-12-10(15-13-9)7-14-5-4-8(11)6-14/h8H,2-7,11H2,1H3/t8-/m0/s1. The van der Waals surface area contributed by atoms with Crippen LogP contribution in [0, 0.1) is 0 Å². The number of nitrogens with two attached hydrogens (primary N) is 1. The van der Waals surface area contributed by atoms with Crippen LogP contribution in [-0.2, 0) is 13.0 Å². The van der Waals surface area contributed by atoms with E-state index in [0.29, 0.717) is 11.9 Å². The lowest BCUT2D eigenvalue weighted by atomic mass is 10.3. The second kappa shape index (κ2) is 4.72. The highest BCUT2D eigenvalue weighted by Gasteiger charge is 2.20. The fraction of sp³-hybridized carbons (Fsp3) is 0.800. The van der Waals surface area contributed by atoms with Gasteiger partial charge in [-0.1, -0.05) is 12.1 Å². The summed E-state index contributed by atoms with van der Waals surface area (Å²) in [6.07, 6.45) is 3.01. The fourth-order valence-electron chi connectivity index (χ4n) is 1.88. The molecule has 0 unspecified atom stereocenters. The first-order valence-electron chi connectivity index (χ1n) is 5.57. The van der Waals surface area contributed by atoms with Crippen LogP contribution in [0.4, 0.5) is 0 Å². The number of rotatable bonds is 4. The fourth-order valence-corrected chi connectivity index (χ4v) is 1.88. The number of hydrogen-bond acceptors (Lipinski definition) is 5. The Hall–Kier alpha value is -0.940. The first kappa shape index (κ1) is 10.6. The molecule has 0 bridgehead atoms. The van der Waals surface area contributed by atoms with Crippen LogP contribution in [0.25, 0.3) is 0 Å². The van der Waals surface area contributed by atoms with Crippen molar-refractivity contribution in [3.63, 3.8) is 0 Å². The first-order valence-corrected chi connectivity index (χ1v) is 5.57. The summed E-state index contributed by atoms with van der Waals surface area (Å²) in [6.45, 7) is 4.82. The van der Waals surface area contributed by atoms with Crippen molar-refractivity contribution in [2.24, 2.45) is 5.73 Å². The van der Waals surface area contributed by atoms with Crippen LogP contribution in [0.15, 0.2) is 4.52 Å². The van der Waals surface area contributed by atoms with Gasteiger partial charge in [-0.25, -0.2) is 0 Å². The molecule has 1 aliphatic rings. The van der Waals surface area contributed by atoms with E-state index < -0.39 is 0 Å². The Morgan fingerprint density at radius 2 is 2.47 bits per heavy atom. The van der Waals surface area contributed by atoms with Gasteiger partial charge in [0.05, 0.1) is 6.54 Å². The Morgan fingerprint density at radius 1 is 1.60 bits per heavy atom. The maximum atomic E-state index is 5.82. The molecule has 1 aromatic rings. The molecule has 0 amide bonds. The highest BCUT2D eigenvalue weighted by molar-refractivity contribution is 4.88. The molecule has 0 radical (unpaired) electrons. The van der Waals surface area contributed by atoms with E-state index in [4.69, 9.17) is 10.3 Å². The van der Waals surface area contributed by atoms with Gasteiger partial charge >= 0.3 is 0 Å². The summed E-state index contributed by atoms with van der Waals surface area (Å²) in [5.74, 6) is 1.53. The summed E-state index contributed by atoms with van der Waals surface area (Å²) in [7, 11) is 0. The molecule has 5 nitrogen and oxygen atoms in total. The molecule has 15 heavy (non-hydrogen) atoms. The zero-order chi connectivity index (χ0) is 10.7. The summed E-state index contributed by atoms with van der Waals surface area (Å²) in [4.78, 5) is 6.59. The van der Waals surface area contributed by atoms with Crippen LogP contribution in [0.1, 0.15) is 31.5 Å². The third kappa shape index (κ3) is 2.76. The van der Waals surface area contributed by atoms with Crippen molar-refractivity contribution < 1.29 is 4.52 Å². The molecule has 1 fully saturated rings. The molecule has 0 saturated carbocycles. The van der Waals surface area contributed by atoms with Crippen molar-refractivity contribution in [2.45, 2.75) is 38.8 Å². The maximum absolute atomic E-state index is 5.82. The number of nitrogens with zero attached hydrogens (tertiary/aromatic N) is 3. The van der Waals surface area contributed by atoms with Crippen LogP contribution in [0.2, 0.25) is 0 Å². The highest BCUT2D eigenvalue weighted by atomic mass is 16.5. The van der Waals surface area contributed by atoms with Gasteiger partial charge in [-0.2, -0.15) is 4.98 Å². The topological polar surface area (TPSA) is 68.2 Å². The summed E-state index contributed by atoms with van der Waals surface area (Å²) < 4.78 is 5.17. The van der Waals surface area contributed by atoms with Crippen LogP contribution < -0.4 is 5.73 Å². The number of likely N-dealkylation sites (tertiary alicyclic amines) is 1. The van der Waals surface area contributed by atoms with Gasteiger partial charge in [0.1, 0.15) is 0 Å².